The molecule has 124 valence electrons. The number of likely N-dealkylation sites (tertiary alicyclic amines) is 1. The molecule has 0 spiro atoms. The first-order valence-electron chi connectivity index (χ1n) is 9.56. The van der Waals surface area contributed by atoms with E-state index in [0.717, 1.165) is 43.6 Å². The monoisotopic (exact) mass is 313 g/mol. The number of carbonyl (C=O) groups excluding carboxylic acids is 1. The largest absolute Gasteiger partial charge is 0.348 e. The lowest BCUT2D eigenvalue weighted by atomic mass is 9.51. The summed E-state index contributed by atoms with van der Waals surface area (Å²) in [5, 5.41) is 0. The number of amides is 1. The van der Waals surface area contributed by atoms with Crippen LogP contribution in [0.4, 0.5) is 0 Å². The molecule has 0 aromatic carbocycles. The van der Waals surface area contributed by atoms with Gasteiger partial charge in [0.05, 0.1) is 0 Å². The number of nitrogens with one attached hydrogen (secondary N) is 1. The third-order valence-electron chi connectivity index (χ3n) is 7.15. The van der Waals surface area contributed by atoms with Gasteiger partial charge in [0, 0.05) is 37.3 Å². The number of rotatable bonds is 2. The van der Waals surface area contributed by atoms with Gasteiger partial charge in [-0.05, 0) is 68.6 Å². The first-order chi connectivity index (χ1) is 11.3. The standard InChI is InChI=1S/C19H27N3O/c23-19(17-15-7-12-6-13(9-15)10-16(17)8-12)22-5-1-2-14(11-22)18-20-3-4-21-18/h3-4,12-17H,1-2,5-11H2,(H,20,21). The number of nitrogens with zero attached hydrogens (tertiary/aromatic N) is 2. The smallest absolute Gasteiger partial charge is 0.226 e. The minimum absolute atomic E-state index is 0.346. The van der Waals surface area contributed by atoms with Gasteiger partial charge in [0.1, 0.15) is 5.82 Å². The Balaban J connectivity index is 1.32. The molecule has 4 saturated carbocycles. The molecule has 4 bridgehead atoms. The van der Waals surface area contributed by atoms with E-state index in [2.05, 4.69) is 14.9 Å². The van der Waals surface area contributed by atoms with Gasteiger partial charge in [0.25, 0.3) is 0 Å². The summed E-state index contributed by atoms with van der Waals surface area (Å²) >= 11 is 0. The van der Waals surface area contributed by atoms with E-state index in [0.29, 0.717) is 29.6 Å². The quantitative estimate of drug-likeness (QED) is 0.911. The number of piperidine rings is 1. The summed E-state index contributed by atoms with van der Waals surface area (Å²) in [4.78, 5) is 23.2. The highest BCUT2D eigenvalue weighted by atomic mass is 16.2. The van der Waals surface area contributed by atoms with Gasteiger partial charge in [-0.15, -0.1) is 0 Å². The van der Waals surface area contributed by atoms with E-state index in [-0.39, 0.29) is 0 Å². The molecular formula is C19H27N3O. The first-order valence-corrected chi connectivity index (χ1v) is 9.56. The Labute approximate surface area is 138 Å². The lowest BCUT2D eigenvalue weighted by Crippen LogP contribution is -2.53. The van der Waals surface area contributed by atoms with Gasteiger partial charge < -0.3 is 9.88 Å². The van der Waals surface area contributed by atoms with Crippen molar-refractivity contribution >= 4 is 5.91 Å². The second-order valence-electron chi connectivity index (χ2n) is 8.55. The summed E-state index contributed by atoms with van der Waals surface area (Å²) in [6.45, 7) is 1.83. The van der Waals surface area contributed by atoms with Gasteiger partial charge in [-0.3, -0.25) is 4.79 Å². The predicted molar refractivity (Wildman–Crippen MR) is 87.7 cm³/mol. The number of carbonyl (C=O) groups is 1. The van der Waals surface area contributed by atoms with Crippen molar-refractivity contribution in [3.63, 3.8) is 0 Å². The van der Waals surface area contributed by atoms with Crippen LogP contribution in [0.25, 0.3) is 0 Å². The summed E-state index contributed by atoms with van der Waals surface area (Å²) in [5.74, 6) is 5.57. The molecule has 1 N–H and O–H groups in total. The van der Waals surface area contributed by atoms with E-state index in [1.807, 2.05) is 12.4 Å². The molecule has 5 fully saturated rings. The summed E-state index contributed by atoms with van der Waals surface area (Å²) < 4.78 is 0. The maximum absolute atomic E-state index is 13.3. The van der Waals surface area contributed by atoms with Crippen LogP contribution in [0, 0.1) is 29.6 Å². The maximum atomic E-state index is 13.3. The number of aromatic nitrogens is 2. The second kappa shape index (κ2) is 5.35. The van der Waals surface area contributed by atoms with E-state index in [1.54, 1.807) is 0 Å². The Morgan fingerprint density at radius 3 is 2.52 bits per heavy atom. The van der Waals surface area contributed by atoms with Crippen LogP contribution in [0.2, 0.25) is 0 Å². The third kappa shape index (κ3) is 2.33. The zero-order valence-corrected chi connectivity index (χ0v) is 13.8. The Bertz CT molecular complexity index is 553. The molecule has 1 unspecified atom stereocenters. The van der Waals surface area contributed by atoms with E-state index < -0.39 is 0 Å². The number of H-pyrrole nitrogens is 1. The van der Waals surface area contributed by atoms with Crippen LogP contribution in [-0.4, -0.2) is 33.9 Å². The van der Waals surface area contributed by atoms with E-state index in [1.165, 1.54) is 32.1 Å². The van der Waals surface area contributed by atoms with Crippen LogP contribution in [0.5, 0.6) is 0 Å². The zero-order valence-electron chi connectivity index (χ0n) is 13.8. The molecule has 4 aliphatic carbocycles. The fourth-order valence-corrected chi connectivity index (χ4v) is 6.44. The van der Waals surface area contributed by atoms with Crippen LogP contribution in [0.15, 0.2) is 12.4 Å². The topological polar surface area (TPSA) is 49.0 Å². The van der Waals surface area contributed by atoms with Crippen LogP contribution in [0.1, 0.15) is 56.7 Å². The van der Waals surface area contributed by atoms with Crippen molar-refractivity contribution in [3.8, 4) is 0 Å². The van der Waals surface area contributed by atoms with Crippen molar-refractivity contribution in [2.45, 2.75) is 50.9 Å². The van der Waals surface area contributed by atoms with Crippen LogP contribution < -0.4 is 0 Å². The molecule has 1 amide bonds. The molecular weight excluding hydrogens is 286 g/mol. The lowest BCUT2D eigenvalue weighted by molar-refractivity contribution is -0.150. The Hall–Kier alpha value is -1.32. The van der Waals surface area contributed by atoms with Crippen LogP contribution >= 0.6 is 0 Å². The summed E-state index contributed by atoms with van der Waals surface area (Å²) in [5.41, 5.74) is 0. The minimum atomic E-state index is 0.346. The molecule has 6 rings (SSSR count). The van der Waals surface area contributed by atoms with Gasteiger partial charge >= 0.3 is 0 Å². The van der Waals surface area contributed by atoms with Crippen LogP contribution in [0.3, 0.4) is 0 Å². The molecule has 1 atom stereocenters. The van der Waals surface area contributed by atoms with E-state index in [4.69, 9.17) is 0 Å². The maximum Gasteiger partial charge on any atom is 0.226 e. The highest BCUT2D eigenvalue weighted by Crippen LogP contribution is 2.57. The van der Waals surface area contributed by atoms with Gasteiger partial charge in [0.15, 0.2) is 0 Å². The van der Waals surface area contributed by atoms with Crippen molar-refractivity contribution in [2.24, 2.45) is 29.6 Å². The zero-order chi connectivity index (χ0) is 15.4. The molecule has 23 heavy (non-hydrogen) atoms. The highest BCUT2D eigenvalue weighted by Gasteiger charge is 2.51. The molecule has 2 heterocycles. The molecule has 4 heteroatoms. The number of imidazole rings is 1. The molecule has 1 saturated heterocycles. The Kier molecular flexibility index (Phi) is 3.27. The predicted octanol–water partition coefficient (Wildman–Crippen LogP) is 3.19. The number of hydrogen-bond donors (Lipinski definition) is 1. The number of hydrogen-bond acceptors (Lipinski definition) is 2. The van der Waals surface area contributed by atoms with Crippen molar-refractivity contribution in [1.29, 1.82) is 0 Å². The molecule has 0 radical (unpaired) electrons. The van der Waals surface area contributed by atoms with E-state index >= 15 is 0 Å². The van der Waals surface area contributed by atoms with Crippen molar-refractivity contribution in [2.75, 3.05) is 13.1 Å². The van der Waals surface area contributed by atoms with Gasteiger partial charge in [-0.25, -0.2) is 4.98 Å². The third-order valence-corrected chi connectivity index (χ3v) is 7.15. The van der Waals surface area contributed by atoms with Gasteiger partial charge in [0.2, 0.25) is 5.91 Å². The van der Waals surface area contributed by atoms with Crippen molar-refractivity contribution < 1.29 is 4.79 Å². The number of aromatic amines is 1. The second-order valence-corrected chi connectivity index (χ2v) is 8.55. The summed E-state index contributed by atoms with van der Waals surface area (Å²) in [6, 6.07) is 0. The fourth-order valence-electron chi connectivity index (χ4n) is 6.44. The normalized spacial score (nSPS) is 42.2. The average molecular weight is 313 g/mol. The average Bonchev–Trinajstić information content (AvgIpc) is 3.08. The molecule has 1 aromatic heterocycles. The highest BCUT2D eigenvalue weighted by molar-refractivity contribution is 5.80. The minimum Gasteiger partial charge on any atom is -0.348 e. The SMILES string of the molecule is O=C(C1C2CC3CC(C2)CC1C3)N1CCCC(c2ncc[nH]2)C1. The molecule has 1 aromatic rings. The Morgan fingerprint density at radius 2 is 1.87 bits per heavy atom. The lowest BCUT2D eigenvalue weighted by Gasteiger charge is -2.54. The summed E-state index contributed by atoms with van der Waals surface area (Å²) in [6.07, 6.45) is 12.8. The van der Waals surface area contributed by atoms with Crippen molar-refractivity contribution in [1.82, 2.24) is 14.9 Å². The first kappa shape index (κ1) is 14.1. The van der Waals surface area contributed by atoms with Gasteiger partial charge in [-0.2, -0.15) is 0 Å². The molecule has 1 aliphatic heterocycles. The van der Waals surface area contributed by atoms with Crippen LogP contribution in [-0.2, 0) is 4.79 Å². The van der Waals surface area contributed by atoms with Crippen molar-refractivity contribution in [3.05, 3.63) is 18.2 Å². The Morgan fingerprint density at radius 1 is 1.13 bits per heavy atom. The molecule has 5 aliphatic rings. The molecule has 4 nitrogen and oxygen atoms in total. The van der Waals surface area contributed by atoms with Gasteiger partial charge in [-0.1, -0.05) is 0 Å². The summed E-state index contributed by atoms with van der Waals surface area (Å²) in [7, 11) is 0. The fraction of sp³-hybridized carbons (Fsp3) is 0.789. The van der Waals surface area contributed by atoms with E-state index in [9.17, 15) is 4.79 Å².